The lowest BCUT2D eigenvalue weighted by Gasteiger charge is -2.10. The summed E-state index contributed by atoms with van der Waals surface area (Å²) in [6.07, 6.45) is 0. The van der Waals surface area contributed by atoms with Crippen molar-refractivity contribution in [3.05, 3.63) is 21.9 Å². The van der Waals surface area contributed by atoms with Gasteiger partial charge in [0.15, 0.2) is 5.78 Å². The Hall–Kier alpha value is -1.20. The van der Waals surface area contributed by atoms with Crippen LogP contribution in [0, 0.1) is 0 Å². The smallest absolute Gasteiger partial charge is 0.261 e. The Morgan fingerprint density at radius 1 is 1.38 bits per heavy atom. The zero-order valence-corrected chi connectivity index (χ0v) is 10.5. The number of nitrogens with one attached hydrogen (secondary N) is 2. The average Bonchev–Trinajstić information content (AvgIpc) is 2.74. The summed E-state index contributed by atoms with van der Waals surface area (Å²) in [5.41, 5.74) is 0. The summed E-state index contributed by atoms with van der Waals surface area (Å²) >= 11 is 1.23. The van der Waals surface area contributed by atoms with E-state index in [0.717, 1.165) is 0 Å². The second-order valence-corrected chi connectivity index (χ2v) is 4.70. The highest BCUT2D eigenvalue weighted by atomic mass is 32.1. The quantitative estimate of drug-likeness (QED) is 0.762. The van der Waals surface area contributed by atoms with Gasteiger partial charge in [-0.1, -0.05) is 0 Å². The molecule has 0 spiro atoms. The van der Waals surface area contributed by atoms with Crippen molar-refractivity contribution < 1.29 is 9.59 Å². The molecule has 1 aromatic rings. The van der Waals surface area contributed by atoms with E-state index in [1.54, 1.807) is 12.1 Å². The summed E-state index contributed by atoms with van der Waals surface area (Å²) in [7, 11) is 1.84. The third-order valence-electron chi connectivity index (χ3n) is 2.24. The Bertz CT molecular complexity index is 387. The summed E-state index contributed by atoms with van der Waals surface area (Å²) in [4.78, 5) is 23.9. The molecule has 1 atom stereocenters. The Morgan fingerprint density at radius 2 is 2.00 bits per heavy atom. The Kier molecular flexibility index (Phi) is 4.64. The minimum atomic E-state index is -0.125. The van der Waals surface area contributed by atoms with E-state index in [-0.39, 0.29) is 17.7 Å². The number of carbonyl (C=O) groups excluding carboxylic acids is 2. The molecule has 16 heavy (non-hydrogen) atoms. The van der Waals surface area contributed by atoms with Crippen LogP contribution in [0.2, 0.25) is 0 Å². The first-order chi connectivity index (χ1) is 7.54. The molecule has 1 amide bonds. The lowest BCUT2D eigenvalue weighted by atomic mass is 10.3. The van der Waals surface area contributed by atoms with Crippen LogP contribution >= 0.6 is 11.3 Å². The summed E-state index contributed by atoms with van der Waals surface area (Å²) in [6, 6.07) is 3.60. The van der Waals surface area contributed by atoms with E-state index in [9.17, 15) is 9.59 Å². The highest BCUT2D eigenvalue weighted by molar-refractivity contribution is 7.15. The third kappa shape index (κ3) is 3.43. The molecule has 5 heteroatoms. The standard InChI is InChI=1S/C11H16N2O2S/c1-7(12-3)6-13-11(15)10-5-4-9(16-10)8(2)14/h4-5,7,12H,6H2,1-3H3,(H,13,15). The van der Waals surface area contributed by atoms with Gasteiger partial charge in [0.2, 0.25) is 0 Å². The van der Waals surface area contributed by atoms with Crippen molar-refractivity contribution in [2.75, 3.05) is 13.6 Å². The van der Waals surface area contributed by atoms with Gasteiger partial charge in [-0.05, 0) is 33.0 Å². The fourth-order valence-corrected chi connectivity index (χ4v) is 1.90. The number of amides is 1. The zero-order chi connectivity index (χ0) is 12.1. The first-order valence-electron chi connectivity index (χ1n) is 5.11. The van der Waals surface area contributed by atoms with Crippen molar-refractivity contribution in [2.45, 2.75) is 19.9 Å². The van der Waals surface area contributed by atoms with Crippen molar-refractivity contribution in [1.82, 2.24) is 10.6 Å². The molecule has 0 aromatic carbocycles. The van der Waals surface area contributed by atoms with Crippen molar-refractivity contribution in [1.29, 1.82) is 0 Å². The molecule has 1 heterocycles. The van der Waals surface area contributed by atoms with E-state index in [4.69, 9.17) is 0 Å². The van der Waals surface area contributed by atoms with Crippen LogP contribution < -0.4 is 10.6 Å². The molecule has 2 N–H and O–H groups in total. The minimum absolute atomic E-state index is 0.00681. The van der Waals surface area contributed by atoms with Gasteiger partial charge in [-0.25, -0.2) is 0 Å². The number of rotatable bonds is 5. The van der Waals surface area contributed by atoms with Crippen molar-refractivity contribution >= 4 is 23.0 Å². The van der Waals surface area contributed by atoms with E-state index in [1.165, 1.54) is 18.3 Å². The van der Waals surface area contributed by atoms with Gasteiger partial charge in [0.05, 0.1) is 9.75 Å². The first kappa shape index (κ1) is 12.9. The van der Waals surface area contributed by atoms with Crippen LogP contribution in [-0.4, -0.2) is 31.3 Å². The number of Topliss-reactive ketones (excluding diaryl/α,β-unsaturated/α-hetero) is 1. The van der Waals surface area contributed by atoms with Gasteiger partial charge in [-0.15, -0.1) is 11.3 Å². The van der Waals surface area contributed by atoms with Gasteiger partial charge in [0, 0.05) is 12.6 Å². The molecular formula is C11H16N2O2S. The summed E-state index contributed by atoms with van der Waals surface area (Å²) in [5.74, 6) is -0.132. The van der Waals surface area contributed by atoms with Crippen LogP contribution in [0.5, 0.6) is 0 Å². The number of likely N-dealkylation sites (N-methyl/N-ethyl adjacent to an activating group) is 1. The summed E-state index contributed by atoms with van der Waals surface area (Å²) in [6.45, 7) is 4.05. The molecule has 1 unspecified atom stereocenters. The Labute approximate surface area is 99.0 Å². The molecular weight excluding hydrogens is 224 g/mol. The molecule has 0 aliphatic heterocycles. The molecule has 4 nitrogen and oxygen atoms in total. The lowest BCUT2D eigenvalue weighted by molar-refractivity contribution is 0.0954. The van der Waals surface area contributed by atoms with Gasteiger partial charge in [0.1, 0.15) is 0 Å². The van der Waals surface area contributed by atoms with E-state index in [2.05, 4.69) is 10.6 Å². The van der Waals surface area contributed by atoms with Crippen LogP contribution in [0.4, 0.5) is 0 Å². The molecule has 0 fully saturated rings. The Balaban J connectivity index is 2.56. The number of ketones is 1. The number of thiophene rings is 1. The molecule has 0 radical (unpaired) electrons. The maximum Gasteiger partial charge on any atom is 0.261 e. The number of carbonyl (C=O) groups is 2. The van der Waals surface area contributed by atoms with Crippen molar-refractivity contribution in [3.8, 4) is 0 Å². The molecule has 0 saturated heterocycles. The van der Waals surface area contributed by atoms with Gasteiger partial charge < -0.3 is 10.6 Å². The third-order valence-corrected chi connectivity index (χ3v) is 3.42. The van der Waals surface area contributed by atoms with Crippen molar-refractivity contribution in [2.24, 2.45) is 0 Å². The average molecular weight is 240 g/mol. The zero-order valence-electron chi connectivity index (χ0n) is 9.66. The Morgan fingerprint density at radius 3 is 2.50 bits per heavy atom. The highest BCUT2D eigenvalue weighted by Gasteiger charge is 2.11. The molecule has 0 bridgehead atoms. The monoisotopic (exact) mass is 240 g/mol. The van der Waals surface area contributed by atoms with Crippen molar-refractivity contribution in [3.63, 3.8) is 0 Å². The van der Waals surface area contributed by atoms with E-state index in [1.807, 2.05) is 14.0 Å². The van der Waals surface area contributed by atoms with Gasteiger partial charge in [-0.3, -0.25) is 9.59 Å². The van der Waals surface area contributed by atoms with Crippen LogP contribution in [0.1, 0.15) is 33.2 Å². The number of hydrogen-bond acceptors (Lipinski definition) is 4. The van der Waals surface area contributed by atoms with E-state index < -0.39 is 0 Å². The summed E-state index contributed by atoms with van der Waals surface area (Å²) < 4.78 is 0. The van der Waals surface area contributed by atoms with Gasteiger partial charge in [0.25, 0.3) is 5.91 Å². The predicted molar refractivity (Wildman–Crippen MR) is 65.2 cm³/mol. The van der Waals surface area contributed by atoms with Crippen LogP contribution in [-0.2, 0) is 0 Å². The van der Waals surface area contributed by atoms with Gasteiger partial charge >= 0.3 is 0 Å². The molecule has 88 valence electrons. The van der Waals surface area contributed by atoms with Gasteiger partial charge in [-0.2, -0.15) is 0 Å². The number of hydrogen-bond donors (Lipinski definition) is 2. The molecule has 1 aromatic heterocycles. The fraction of sp³-hybridized carbons (Fsp3) is 0.455. The second-order valence-electron chi connectivity index (χ2n) is 3.62. The summed E-state index contributed by atoms with van der Waals surface area (Å²) in [5, 5.41) is 5.83. The minimum Gasteiger partial charge on any atom is -0.350 e. The SMILES string of the molecule is CNC(C)CNC(=O)c1ccc(C(C)=O)s1. The second kappa shape index (κ2) is 5.77. The lowest BCUT2D eigenvalue weighted by Crippen LogP contribution is -2.36. The topological polar surface area (TPSA) is 58.2 Å². The maximum atomic E-state index is 11.7. The van der Waals surface area contributed by atoms with Crippen LogP contribution in [0.25, 0.3) is 0 Å². The normalized spacial score (nSPS) is 12.2. The van der Waals surface area contributed by atoms with Crippen LogP contribution in [0.3, 0.4) is 0 Å². The van der Waals surface area contributed by atoms with E-state index in [0.29, 0.717) is 16.3 Å². The predicted octanol–water partition coefficient (Wildman–Crippen LogP) is 1.29. The molecule has 0 saturated carbocycles. The largest absolute Gasteiger partial charge is 0.350 e. The highest BCUT2D eigenvalue weighted by Crippen LogP contribution is 2.16. The molecule has 0 aliphatic rings. The van der Waals surface area contributed by atoms with Crippen LogP contribution in [0.15, 0.2) is 12.1 Å². The fourth-order valence-electron chi connectivity index (χ4n) is 1.08. The molecule has 1 rings (SSSR count). The maximum absolute atomic E-state index is 11.7. The molecule has 0 aliphatic carbocycles. The van der Waals surface area contributed by atoms with E-state index >= 15 is 0 Å². The first-order valence-corrected chi connectivity index (χ1v) is 5.92.